The van der Waals surface area contributed by atoms with Crippen molar-refractivity contribution < 1.29 is 4.79 Å². The molecule has 2 atom stereocenters. The fourth-order valence-corrected chi connectivity index (χ4v) is 4.29. The Hall–Kier alpha value is -2.04. The fourth-order valence-electron chi connectivity index (χ4n) is 4.29. The molecule has 2 aliphatic rings. The summed E-state index contributed by atoms with van der Waals surface area (Å²) < 4.78 is 0. The van der Waals surface area contributed by atoms with Gasteiger partial charge in [0.1, 0.15) is 0 Å². The van der Waals surface area contributed by atoms with Crippen LogP contribution in [0, 0.1) is 5.92 Å². The van der Waals surface area contributed by atoms with Crippen molar-refractivity contribution in [3.63, 3.8) is 0 Å². The smallest absolute Gasteiger partial charge is 0.223 e. The summed E-state index contributed by atoms with van der Waals surface area (Å²) >= 11 is 0. The lowest BCUT2D eigenvalue weighted by Crippen LogP contribution is -2.45. The van der Waals surface area contributed by atoms with Crippen molar-refractivity contribution in [3.8, 4) is 0 Å². The highest BCUT2D eigenvalue weighted by Crippen LogP contribution is 2.26. The van der Waals surface area contributed by atoms with Crippen LogP contribution in [0.15, 0.2) is 29.3 Å². The van der Waals surface area contributed by atoms with Crippen LogP contribution in [0.4, 0.5) is 0 Å². The molecule has 1 aromatic rings. The van der Waals surface area contributed by atoms with E-state index in [0.717, 1.165) is 37.9 Å². The topological polar surface area (TPSA) is 56.7 Å². The summed E-state index contributed by atoms with van der Waals surface area (Å²) in [6.07, 6.45) is 7.82. The van der Waals surface area contributed by atoms with E-state index >= 15 is 0 Å². The molecular formula is C22H34N4O. The van der Waals surface area contributed by atoms with Crippen LogP contribution >= 0.6 is 0 Å². The third-order valence-electron chi connectivity index (χ3n) is 5.98. The second-order valence-corrected chi connectivity index (χ2v) is 7.90. The maximum Gasteiger partial charge on any atom is 0.223 e. The van der Waals surface area contributed by atoms with Gasteiger partial charge in [0.05, 0.1) is 0 Å². The highest BCUT2D eigenvalue weighted by molar-refractivity contribution is 5.80. The van der Waals surface area contributed by atoms with Gasteiger partial charge in [0.2, 0.25) is 5.91 Å². The Morgan fingerprint density at radius 2 is 1.96 bits per heavy atom. The molecule has 2 N–H and O–H groups in total. The molecular weight excluding hydrogens is 336 g/mol. The molecule has 1 fully saturated rings. The number of hydrogen-bond donors (Lipinski definition) is 2. The fraction of sp³-hybridized carbons (Fsp3) is 0.636. The zero-order chi connectivity index (χ0) is 19.1. The predicted octanol–water partition coefficient (Wildman–Crippen LogP) is 3.44. The van der Waals surface area contributed by atoms with Crippen LogP contribution in [-0.4, -0.2) is 36.4 Å². The average Bonchev–Trinajstić information content (AvgIpc) is 3.14. The van der Waals surface area contributed by atoms with E-state index in [1.807, 2.05) is 24.1 Å². The van der Waals surface area contributed by atoms with Crippen molar-refractivity contribution in [2.75, 3.05) is 13.6 Å². The normalized spacial score (nSPS) is 22.4. The molecule has 3 rings (SSSR count). The van der Waals surface area contributed by atoms with Gasteiger partial charge in [-0.25, -0.2) is 0 Å². The molecule has 1 aromatic carbocycles. The maximum absolute atomic E-state index is 12.5. The SMILES string of the molecule is CCC1CCCC(NC(=NC)NCCCC(=O)N2Cc3ccccc3C2)C1. The van der Waals surface area contributed by atoms with Gasteiger partial charge in [-0.05, 0) is 36.3 Å². The van der Waals surface area contributed by atoms with E-state index in [-0.39, 0.29) is 5.91 Å². The molecule has 1 aliphatic heterocycles. The molecule has 1 amide bonds. The van der Waals surface area contributed by atoms with E-state index in [4.69, 9.17) is 0 Å². The van der Waals surface area contributed by atoms with E-state index in [9.17, 15) is 4.79 Å². The predicted molar refractivity (Wildman–Crippen MR) is 110 cm³/mol. The number of nitrogens with one attached hydrogen (secondary N) is 2. The largest absolute Gasteiger partial charge is 0.356 e. The van der Waals surface area contributed by atoms with Crippen LogP contribution < -0.4 is 10.6 Å². The van der Waals surface area contributed by atoms with Gasteiger partial charge in [-0.3, -0.25) is 9.79 Å². The minimum absolute atomic E-state index is 0.244. The first kappa shape index (κ1) is 19.7. The van der Waals surface area contributed by atoms with Crippen LogP contribution in [-0.2, 0) is 17.9 Å². The van der Waals surface area contributed by atoms with Gasteiger partial charge in [0, 0.05) is 39.1 Å². The van der Waals surface area contributed by atoms with Crippen LogP contribution in [0.2, 0.25) is 0 Å². The summed E-state index contributed by atoms with van der Waals surface area (Å²) in [5.41, 5.74) is 2.57. The maximum atomic E-state index is 12.5. The number of carbonyl (C=O) groups is 1. The van der Waals surface area contributed by atoms with Crippen LogP contribution in [0.25, 0.3) is 0 Å². The molecule has 0 saturated heterocycles. The highest BCUT2D eigenvalue weighted by atomic mass is 16.2. The number of amides is 1. The van der Waals surface area contributed by atoms with Crippen molar-refractivity contribution in [1.82, 2.24) is 15.5 Å². The molecule has 5 heteroatoms. The molecule has 0 radical (unpaired) electrons. The summed E-state index contributed by atoms with van der Waals surface area (Å²) in [7, 11) is 1.82. The molecule has 2 unspecified atom stereocenters. The minimum Gasteiger partial charge on any atom is -0.356 e. The third kappa shape index (κ3) is 5.47. The third-order valence-corrected chi connectivity index (χ3v) is 5.98. The quantitative estimate of drug-likeness (QED) is 0.458. The van der Waals surface area contributed by atoms with Gasteiger partial charge in [0.15, 0.2) is 5.96 Å². The lowest BCUT2D eigenvalue weighted by molar-refractivity contribution is -0.131. The van der Waals surface area contributed by atoms with Gasteiger partial charge >= 0.3 is 0 Å². The van der Waals surface area contributed by atoms with E-state index in [1.54, 1.807) is 0 Å². The molecule has 0 aromatic heterocycles. The van der Waals surface area contributed by atoms with Gasteiger partial charge in [-0.15, -0.1) is 0 Å². The average molecular weight is 371 g/mol. The second-order valence-electron chi connectivity index (χ2n) is 7.90. The van der Waals surface area contributed by atoms with E-state index in [0.29, 0.717) is 12.5 Å². The van der Waals surface area contributed by atoms with Gasteiger partial charge in [-0.1, -0.05) is 50.5 Å². The number of fused-ring (bicyclic) bond motifs is 1. The molecule has 0 bridgehead atoms. The van der Waals surface area contributed by atoms with E-state index < -0.39 is 0 Å². The first-order valence-corrected chi connectivity index (χ1v) is 10.5. The number of benzene rings is 1. The summed E-state index contributed by atoms with van der Waals surface area (Å²) in [5, 5.41) is 6.95. The monoisotopic (exact) mass is 370 g/mol. The number of nitrogens with zero attached hydrogens (tertiary/aromatic N) is 2. The Bertz CT molecular complexity index is 632. The Labute approximate surface area is 163 Å². The van der Waals surface area contributed by atoms with Crippen molar-refractivity contribution >= 4 is 11.9 Å². The zero-order valence-corrected chi connectivity index (χ0v) is 16.8. The summed E-state index contributed by atoms with van der Waals surface area (Å²) in [6, 6.07) is 8.86. The Kier molecular flexibility index (Phi) is 7.13. The summed E-state index contributed by atoms with van der Waals surface area (Å²) in [5.74, 6) is 1.96. The lowest BCUT2D eigenvalue weighted by atomic mass is 9.84. The molecule has 5 nitrogen and oxygen atoms in total. The molecule has 1 saturated carbocycles. The Balaban J connectivity index is 1.35. The number of aliphatic imine (C=N–C) groups is 1. The zero-order valence-electron chi connectivity index (χ0n) is 16.8. The first-order valence-electron chi connectivity index (χ1n) is 10.5. The van der Waals surface area contributed by atoms with E-state index in [2.05, 4.69) is 34.7 Å². The van der Waals surface area contributed by atoms with Crippen molar-refractivity contribution in [2.45, 2.75) is 71.0 Å². The van der Waals surface area contributed by atoms with Gasteiger partial charge in [-0.2, -0.15) is 0 Å². The first-order chi connectivity index (χ1) is 13.2. The molecule has 27 heavy (non-hydrogen) atoms. The molecule has 148 valence electrons. The van der Waals surface area contributed by atoms with Crippen molar-refractivity contribution in [3.05, 3.63) is 35.4 Å². The molecule has 0 spiro atoms. The van der Waals surface area contributed by atoms with Crippen LogP contribution in [0.1, 0.15) is 63.0 Å². The summed E-state index contributed by atoms with van der Waals surface area (Å²) in [6.45, 7) is 4.57. The van der Waals surface area contributed by atoms with Crippen molar-refractivity contribution in [2.24, 2.45) is 10.9 Å². The van der Waals surface area contributed by atoms with Gasteiger partial charge in [0.25, 0.3) is 0 Å². The van der Waals surface area contributed by atoms with Crippen molar-refractivity contribution in [1.29, 1.82) is 0 Å². The lowest BCUT2D eigenvalue weighted by Gasteiger charge is -2.30. The molecule has 1 aliphatic carbocycles. The Morgan fingerprint density at radius 3 is 2.63 bits per heavy atom. The standard InChI is InChI=1S/C22H34N4O/c1-3-17-8-6-11-20(14-17)25-22(23-2)24-13-7-12-21(27)26-15-18-9-4-5-10-19(18)16-26/h4-5,9-10,17,20H,3,6-8,11-16H2,1-2H3,(H2,23,24,25). The summed E-state index contributed by atoms with van der Waals surface area (Å²) in [4.78, 5) is 18.8. The highest BCUT2D eigenvalue weighted by Gasteiger charge is 2.23. The minimum atomic E-state index is 0.244. The Morgan fingerprint density at radius 1 is 1.22 bits per heavy atom. The van der Waals surface area contributed by atoms with Gasteiger partial charge < -0.3 is 15.5 Å². The number of guanidine groups is 1. The second kappa shape index (κ2) is 9.77. The van der Waals surface area contributed by atoms with Crippen LogP contribution in [0.5, 0.6) is 0 Å². The van der Waals surface area contributed by atoms with Crippen LogP contribution in [0.3, 0.4) is 0 Å². The molecule has 1 heterocycles. The van der Waals surface area contributed by atoms with E-state index in [1.165, 1.54) is 43.2 Å². The number of rotatable bonds is 6. The number of carbonyl (C=O) groups excluding carboxylic acids is 1. The number of hydrogen-bond acceptors (Lipinski definition) is 2.